The highest BCUT2D eigenvalue weighted by atomic mass is 35.5. The van der Waals surface area contributed by atoms with Crippen LogP contribution in [0.15, 0.2) is 23.1 Å². The molecule has 4 nitrogen and oxygen atoms in total. The lowest BCUT2D eigenvalue weighted by Gasteiger charge is -2.09. The lowest BCUT2D eigenvalue weighted by molar-refractivity contribution is -0.146. The van der Waals surface area contributed by atoms with Crippen LogP contribution in [0.3, 0.4) is 0 Å². The molecule has 11 heteroatoms. The van der Waals surface area contributed by atoms with E-state index in [1.807, 2.05) is 0 Å². The highest BCUT2D eigenvalue weighted by Gasteiger charge is 2.44. The molecule has 2 rings (SSSR count). The van der Waals surface area contributed by atoms with Crippen molar-refractivity contribution in [3.05, 3.63) is 24.0 Å². The van der Waals surface area contributed by atoms with Gasteiger partial charge < -0.3 is 4.57 Å². The van der Waals surface area contributed by atoms with E-state index in [-0.39, 0.29) is 11.0 Å². The van der Waals surface area contributed by atoms with E-state index in [1.54, 1.807) is 0 Å². The van der Waals surface area contributed by atoms with Crippen molar-refractivity contribution in [1.29, 1.82) is 0 Å². The molecule has 1 heterocycles. The van der Waals surface area contributed by atoms with Crippen molar-refractivity contribution in [1.82, 2.24) is 9.55 Å². The maximum absolute atomic E-state index is 12.8. The standard InChI is InChI=1S/C10H6ClF5N2O2S/c1-18-7-3-2-5(21(19,20)10(11,15)16)4-6(7)17-8(18)9(12,13)14/h2-4H,1H3. The predicted octanol–water partition coefficient (Wildman–Crippen LogP) is 3.15. The maximum atomic E-state index is 12.8. The van der Waals surface area contributed by atoms with E-state index < -0.39 is 31.4 Å². The third kappa shape index (κ3) is 2.57. The molecular weight excluding hydrogens is 343 g/mol. The molecular formula is C10H6ClF5N2O2S. The van der Waals surface area contributed by atoms with Crippen molar-refractivity contribution in [3.63, 3.8) is 0 Å². The van der Waals surface area contributed by atoms with Crippen LogP contribution in [-0.4, -0.2) is 22.7 Å². The summed E-state index contributed by atoms with van der Waals surface area (Å²) in [7, 11) is -4.13. The van der Waals surface area contributed by atoms with E-state index in [4.69, 9.17) is 0 Å². The van der Waals surface area contributed by atoms with E-state index in [0.29, 0.717) is 10.6 Å². The van der Waals surface area contributed by atoms with Crippen LogP contribution in [0.1, 0.15) is 5.82 Å². The number of fused-ring (bicyclic) bond motifs is 1. The molecule has 116 valence electrons. The smallest absolute Gasteiger partial charge is 0.323 e. The lowest BCUT2D eigenvalue weighted by Crippen LogP contribution is -2.21. The first-order valence-corrected chi connectivity index (χ1v) is 7.07. The summed E-state index contributed by atoms with van der Waals surface area (Å²) in [6.45, 7) is 0. The summed E-state index contributed by atoms with van der Waals surface area (Å²) >= 11 is 4.49. The second kappa shape index (κ2) is 4.54. The van der Waals surface area contributed by atoms with Gasteiger partial charge in [-0.3, -0.25) is 0 Å². The summed E-state index contributed by atoms with van der Waals surface area (Å²) in [5.41, 5.74) is -0.439. The Bertz CT molecular complexity index is 807. The molecule has 0 aliphatic rings. The molecule has 2 aromatic rings. The first-order valence-electron chi connectivity index (χ1n) is 5.21. The number of benzene rings is 1. The molecule has 0 amide bonds. The van der Waals surface area contributed by atoms with Crippen molar-refractivity contribution in [2.45, 2.75) is 15.8 Å². The minimum atomic E-state index is -5.21. The van der Waals surface area contributed by atoms with Crippen LogP contribution in [0.5, 0.6) is 0 Å². The zero-order valence-corrected chi connectivity index (χ0v) is 11.7. The average Bonchev–Trinajstić information content (AvgIpc) is 2.64. The van der Waals surface area contributed by atoms with E-state index in [2.05, 4.69) is 16.6 Å². The first kappa shape index (κ1) is 16.0. The molecule has 0 fully saturated rings. The fourth-order valence-electron chi connectivity index (χ4n) is 1.73. The number of aryl methyl sites for hydroxylation is 1. The lowest BCUT2D eigenvalue weighted by atomic mass is 10.3. The Balaban J connectivity index is 2.70. The fraction of sp³-hybridized carbons (Fsp3) is 0.300. The number of alkyl halides is 6. The maximum Gasteiger partial charge on any atom is 0.449 e. The zero-order valence-electron chi connectivity index (χ0n) is 10.1. The van der Waals surface area contributed by atoms with Crippen LogP contribution in [0, 0.1) is 0 Å². The normalized spacial score (nSPS) is 13.9. The van der Waals surface area contributed by atoms with Crippen molar-refractivity contribution in [2.24, 2.45) is 7.05 Å². The fourth-order valence-corrected chi connectivity index (χ4v) is 2.78. The van der Waals surface area contributed by atoms with Gasteiger partial charge in [-0.15, -0.1) is 0 Å². The average molecular weight is 349 g/mol. The molecule has 0 atom stereocenters. The number of hydrogen-bond acceptors (Lipinski definition) is 3. The molecule has 1 aromatic carbocycles. The molecule has 0 saturated heterocycles. The van der Waals surface area contributed by atoms with E-state index >= 15 is 0 Å². The van der Waals surface area contributed by atoms with Crippen molar-refractivity contribution in [3.8, 4) is 0 Å². The quantitative estimate of drug-likeness (QED) is 0.619. The van der Waals surface area contributed by atoms with Gasteiger partial charge in [0.15, 0.2) is 0 Å². The van der Waals surface area contributed by atoms with Crippen molar-refractivity contribution in [2.75, 3.05) is 0 Å². The second-order valence-electron chi connectivity index (χ2n) is 4.09. The molecule has 21 heavy (non-hydrogen) atoms. The van der Waals surface area contributed by atoms with Gasteiger partial charge in [-0.1, -0.05) is 0 Å². The Morgan fingerprint density at radius 3 is 2.24 bits per heavy atom. The second-order valence-corrected chi connectivity index (χ2v) is 6.78. The minimum absolute atomic E-state index is 0.0563. The molecule has 0 aliphatic carbocycles. The predicted molar refractivity (Wildman–Crippen MR) is 63.7 cm³/mol. The number of sulfone groups is 1. The van der Waals surface area contributed by atoms with E-state index in [9.17, 15) is 30.4 Å². The topological polar surface area (TPSA) is 52.0 Å². The molecule has 0 radical (unpaired) electrons. The van der Waals surface area contributed by atoms with Gasteiger partial charge in [0.1, 0.15) is 0 Å². The van der Waals surface area contributed by atoms with E-state index in [0.717, 1.165) is 19.2 Å². The molecule has 0 N–H and O–H groups in total. The number of aromatic nitrogens is 2. The van der Waals surface area contributed by atoms with E-state index in [1.165, 1.54) is 0 Å². The number of halogens is 6. The summed E-state index contributed by atoms with van der Waals surface area (Å²) in [5.74, 6) is -1.27. The van der Waals surface area contributed by atoms with Gasteiger partial charge in [0, 0.05) is 7.05 Å². The summed E-state index contributed by atoms with van der Waals surface area (Å²) in [5, 5.41) is 0. The third-order valence-corrected chi connectivity index (χ3v) is 4.81. The van der Waals surface area contributed by atoms with Gasteiger partial charge in [-0.25, -0.2) is 13.4 Å². The van der Waals surface area contributed by atoms with Gasteiger partial charge in [0.05, 0.1) is 15.9 Å². The van der Waals surface area contributed by atoms with Gasteiger partial charge in [0.25, 0.3) is 9.84 Å². The van der Waals surface area contributed by atoms with Crippen LogP contribution in [0.25, 0.3) is 11.0 Å². The number of imidazole rings is 1. The first-order chi connectivity index (χ1) is 9.35. The molecule has 1 aromatic heterocycles. The SMILES string of the molecule is Cn1c(C(F)(F)F)nc2cc(S(=O)(=O)C(F)(F)Cl)ccc21. The van der Waals surface area contributed by atoms with Gasteiger partial charge in [-0.05, 0) is 29.8 Å². The largest absolute Gasteiger partial charge is 0.449 e. The molecule has 0 saturated carbocycles. The number of nitrogens with zero attached hydrogens (tertiary/aromatic N) is 2. The van der Waals surface area contributed by atoms with Crippen LogP contribution in [0.2, 0.25) is 0 Å². The van der Waals surface area contributed by atoms with Crippen LogP contribution in [0.4, 0.5) is 22.0 Å². The summed E-state index contributed by atoms with van der Waals surface area (Å²) < 4.78 is 82.7. The Morgan fingerprint density at radius 1 is 1.19 bits per heavy atom. The monoisotopic (exact) mass is 348 g/mol. The third-order valence-electron chi connectivity index (χ3n) is 2.72. The van der Waals surface area contributed by atoms with Crippen molar-refractivity contribution >= 4 is 32.5 Å². The minimum Gasteiger partial charge on any atom is -0.323 e. The van der Waals surface area contributed by atoms with Crippen LogP contribution < -0.4 is 0 Å². The number of hydrogen-bond donors (Lipinski definition) is 0. The highest BCUT2D eigenvalue weighted by molar-refractivity contribution is 7.93. The van der Waals surface area contributed by atoms with Gasteiger partial charge in [-0.2, -0.15) is 22.0 Å². The molecule has 0 bridgehead atoms. The summed E-state index contributed by atoms with van der Waals surface area (Å²) in [6, 6.07) is 2.32. The Kier molecular flexibility index (Phi) is 3.45. The Labute approximate surface area is 120 Å². The zero-order chi connectivity index (χ0) is 16.2. The van der Waals surface area contributed by atoms with Crippen molar-refractivity contribution < 1.29 is 30.4 Å². The van der Waals surface area contributed by atoms with Gasteiger partial charge >= 0.3 is 10.9 Å². The molecule has 0 unspecified atom stereocenters. The Hall–Kier alpha value is -1.42. The molecule has 0 aliphatic heterocycles. The van der Waals surface area contributed by atoms with Gasteiger partial charge in [0.2, 0.25) is 5.82 Å². The summed E-state index contributed by atoms with van der Waals surface area (Å²) in [6.07, 6.45) is -4.76. The number of rotatable bonds is 2. The molecule has 0 spiro atoms. The van der Waals surface area contributed by atoms with Crippen LogP contribution in [-0.2, 0) is 23.1 Å². The summed E-state index contributed by atoms with van der Waals surface area (Å²) in [4.78, 5) is 2.31. The highest BCUT2D eigenvalue weighted by Crippen LogP contribution is 2.35. The Morgan fingerprint density at radius 2 is 1.76 bits per heavy atom. The van der Waals surface area contributed by atoms with Crippen LogP contribution >= 0.6 is 11.6 Å².